The highest BCUT2D eigenvalue weighted by Gasteiger charge is 2.27. The van der Waals surface area contributed by atoms with Crippen LogP contribution in [0.4, 0.5) is 10.5 Å². The van der Waals surface area contributed by atoms with E-state index in [-0.39, 0.29) is 6.04 Å². The fourth-order valence-corrected chi connectivity index (χ4v) is 5.89. The Hall–Kier alpha value is -1.86. The summed E-state index contributed by atoms with van der Waals surface area (Å²) < 4.78 is 27.1. The van der Waals surface area contributed by atoms with Crippen molar-refractivity contribution in [2.45, 2.75) is 77.3 Å². The minimum absolute atomic E-state index is 0.107. The number of anilines is 1. The Balaban J connectivity index is 1.46. The molecular weight excluding hydrogens is 386 g/mol. The molecule has 1 heterocycles. The van der Waals surface area contributed by atoms with Crippen molar-refractivity contribution in [3.8, 4) is 0 Å². The average Bonchev–Trinajstić information content (AvgIpc) is 3.39. The van der Waals surface area contributed by atoms with E-state index in [1.54, 1.807) is 6.08 Å². The lowest BCUT2D eigenvalue weighted by molar-refractivity contribution is 0.234. The molecule has 1 aliphatic heterocycles. The molecule has 1 aromatic rings. The number of fused-ring (bicyclic) bond motifs is 2. The van der Waals surface area contributed by atoms with Crippen LogP contribution in [0.3, 0.4) is 0 Å². The number of nitrogens with one attached hydrogen (secondary N) is 2. The second kappa shape index (κ2) is 8.11. The van der Waals surface area contributed by atoms with Crippen LogP contribution in [0.1, 0.15) is 61.8 Å². The number of aryl methyl sites for hydroxylation is 2. The van der Waals surface area contributed by atoms with Gasteiger partial charge in [0.1, 0.15) is 0 Å². The van der Waals surface area contributed by atoms with Crippen molar-refractivity contribution in [2.24, 2.45) is 0 Å². The minimum Gasteiger partial charge on any atom is -0.307 e. The number of hydrogen-bond donors (Lipinski definition) is 2. The number of benzene rings is 1. The van der Waals surface area contributed by atoms with Crippen LogP contribution in [0, 0.1) is 0 Å². The monoisotopic (exact) mass is 417 g/mol. The summed E-state index contributed by atoms with van der Waals surface area (Å²) in [7, 11) is -3.83. The van der Waals surface area contributed by atoms with Crippen LogP contribution in [0.5, 0.6) is 0 Å². The molecule has 4 rings (SSSR count). The maximum absolute atomic E-state index is 12.6. The van der Waals surface area contributed by atoms with E-state index in [9.17, 15) is 13.2 Å². The Bertz CT molecular complexity index is 905. The first-order valence-corrected chi connectivity index (χ1v) is 12.3. The number of carbonyl (C=O) groups is 1. The third kappa shape index (κ3) is 4.36. The molecule has 0 aromatic heterocycles. The third-order valence-electron chi connectivity index (χ3n) is 6.43. The van der Waals surface area contributed by atoms with Gasteiger partial charge in [0.25, 0.3) is 10.0 Å². The maximum Gasteiger partial charge on any atom is 0.333 e. The highest BCUT2D eigenvalue weighted by atomic mass is 32.2. The van der Waals surface area contributed by atoms with Gasteiger partial charge in [0.15, 0.2) is 0 Å². The summed E-state index contributed by atoms with van der Waals surface area (Å²) in [6.07, 6.45) is 9.84. The Morgan fingerprint density at radius 1 is 1.10 bits per heavy atom. The van der Waals surface area contributed by atoms with Crippen molar-refractivity contribution in [3.05, 3.63) is 39.8 Å². The predicted octanol–water partition coefficient (Wildman–Crippen LogP) is 3.50. The van der Waals surface area contributed by atoms with Gasteiger partial charge in [-0.05, 0) is 94.0 Å². The number of sulfonamides is 1. The van der Waals surface area contributed by atoms with Crippen molar-refractivity contribution in [1.29, 1.82) is 0 Å². The summed E-state index contributed by atoms with van der Waals surface area (Å²) >= 11 is 0. The summed E-state index contributed by atoms with van der Waals surface area (Å²) in [5.41, 5.74) is 5.84. The standard InChI is InChI=1S/C22H31N3O3S/c1-15(2)25-12-5-8-18(25)11-13-29(27,28)24-22(26)23-21-19-9-3-6-16(19)14-17-7-4-10-20(17)21/h11,13-15,18H,3-10,12H2,1-2H3,(H2,23,24,26)/b13-11+/t18-/m1/s1. The number of nitrogens with zero attached hydrogens (tertiary/aromatic N) is 1. The number of likely N-dealkylation sites (tertiary alicyclic amines) is 1. The van der Waals surface area contributed by atoms with Crippen LogP contribution in [-0.2, 0) is 35.7 Å². The molecule has 0 unspecified atom stereocenters. The molecule has 0 radical (unpaired) electrons. The molecule has 1 aromatic carbocycles. The second-order valence-corrected chi connectivity index (χ2v) is 10.3. The molecule has 158 valence electrons. The maximum atomic E-state index is 12.6. The number of rotatable bonds is 5. The van der Waals surface area contributed by atoms with Gasteiger partial charge in [0.05, 0.1) is 0 Å². The molecule has 0 saturated carbocycles. The van der Waals surface area contributed by atoms with Crippen molar-refractivity contribution in [3.63, 3.8) is 0 Å². The van der Waals surface area contributed by atoms with E-state index in [4.69, 9.17) is 0 Å². The highest BCUT2D eigenvalue weighted by molar-refractivity contribution is 7.92. The normalized spacial score (nSPS) is 21.7. The lowest BCUT2D eigenvalue weighted by atomic mass is 9.99. The van der Waals surface area contributed by atoms with E-state index >= 15 is 0 Å². The fourth-order valence-electron chi connectivity index (χ4n) is 5.13. The van der Waals surface area contributed by atoms with Gasteiger partial charge in [-0.1, -0.05) is 12.1 Å². The Kier molecular flexibility index (Phi) is 5.71. The van der Waals surface area contributed by atoms with Crippen LogP contribution in [0.25, 0.3) is 0 Å². The van der Waals surface area contributed by atoms with Gasteiger partial charge >= 0.3 is 6.03 Å². The first kappa shape index (κ1) is 20.4. The van der Waals surface area contributed by atoms with Gasteiger partial charge in [-0.3, -0.25) is 4.90 Å². The summed E-state index contributed by atoms with van der Waals surface area (Å²) in [4.78, 5) is 14.8. The number of carbonyl (C=O) groups excluding carboxylic acids is 1. The molecule has 0 spiro atoms. The third-order valence-corrected chi connectivity index (χ3v) is 7.42. The topological polar surface area (TPSA) is 78.5 Å². The minimum atomic E-state index is -3.83. The van der Waals surface area contributed by atoms with Crippen LogP contribution < -0.4 is 10.0 Å². The molecule has 7 heteroatoms. The van der Waals surface area contributed by atoms with E-state index in [0.717, 1.165) is 69.0 Å². The first-order valence-electron chi connectivity index (χ1n) is 10.8. The molecular formula is C22H31N3O3S. The van der Waals surface area contributed by atoms with Crippen molar-refractivity contribution in [1.82, 2.24) is 9.62 Å². The molecule has 1 fully saturated rings. The molecule has 6 nitrogen and oxygen atoms in total. The molecule has 1 atom stereocenters. The molecule has 3 aliphatic rings. The molecule has 2 N–H and O–H groups in total. The van der Waals surface area contributed by atoms with E-state index in [0.29, 0.717) is 6.04 Å². The summed E-state index contributed by atoms with van der Waals surface area (Å²) in [6.45, 7) is 5.21. The van der Waals surface area contributed by atoms with Gasteiger partial charge in [-0.25, -0.2) is 17.9 Å². The predicted molar refractivity (Wildman–Crippen MR) is 116 cm³/mol. The van der Waals surface area contributed by atoms with Crippen molar-refractivity contribution >= 4 is 21.7 Å². The number of amides is 2. The van der Waals surface area contributed by atoms with Crippen LogP contribution in [-0.4, -0.2) is 38.0 Å². The summed E-state index contributed by atoms with van der Waals surface area (Å²) in [5, 5.41) is 4.03. The summed E-state index contributed by atoms with van der Waals surface area (Å²) in [5.74, 6) is 0. The second-order valence-electron chi connectivity index (χ2n) is 8.70. The Morgan fingerprint density at radius 3 is 2.38 bits per heavy atom. The smallest absolute Gasteiger partial charge is 0.307 e. The SMILES string of the molecule is CC(C)N1CCC[C@@H]1/C=C/S(=O)(=O)NC(=O)Nc1c2c(cc3c1CCC3)CCC2. The Labute approximate surface area is 173 Å². The fraction of sp³-hybridized carbons (Fsp3) is 0.591. The molecule has 2 aliphatic carbocycles. The zero-order valence-electron chi connectivity index (χ0n) is 17.3. The van der Waals surface area contributed by atoms with Gasteiger partial charge < -0.3 is 5.32 Å². The number of hydrogen-bond acceptors (Lipinski definition) is 4. The quantitative estimate of drug-likeness (QED) is 0.769. The van der Waals surface area contributed by atoms with Crippen LogP contribution in [0.15, 0.2) is 17.6 Å². The van der Waals surface area contributed by atoms with Crippen molar-refractivity contribution in [2.75, 3.05) is 11.9 Å². The van der Waals surface area contributed by atoms with Gasteiger partial charge in [0.2, 0.25) is 0 Å². The summed E-state index contributed by atoms with van der Waals surface area (Å²) in [6, 6.07) is 2.09. The van der Waals surface area contributed by atoms with E-state index in [1.165, 1.54) is 22.3 Å². The molecule has 29 heavy (non-hydrogen) atoms. The zero-order chi connectivity index (χ0) is 20.6. The van der Waals surface area contributed by atoms with E-state index in [1.807, 2.05) is 0 Å². The Morgan fingerprint density at radius 2 is 1.76 bits per heavy atom. The molecule has 0 bridgehead atoms. The molecule has 2 amide bonds. The highest BCUT2D eigenvalue weighted by Crippen LogP contribution is 2.38. The lowest BCUT2D eigenvalue weighted by Gasteiger charge is -2.25. The average molecular weight is 418 g/mol. The van der Waals surface area contributed by atoms with Gasteiger partial charge in [-0.2, -0.15) is 0 Å². The largest absolute Gasteiger partial charge is 0.333 e. The van der Waals surface area contributed by atoms with Gasteiger partial charge in [0, 0.05) is 23.2 Å². The zero-order valence-corrected chi connectivity index (χ0v) is 18.1. The van der Waals surface area contributed by atoms with Gasteiger partial charge in [-0.15, -0.1) is 0 Å². The lowest BCUT2D eigenvalue weighted by Crippen LogP contribution is -2.36. The van der Waals surface area contributed by atoms with Crippen LogP contribution in [0.2, 0.25) is 0 Å². The van der Waals surface area contributed by atoms with Crippen LogP contribution >= 0.6 is 0 Å². The van der Waals surface area contributed by atoms with E-state index in [2.05, 4.69) is 34.9 Å². The molecule has 1 saturated heterocycles. The number of urea groups is 1. The van der Waals surface area contributed by atoms with Crippen molar-refractivity contribution < 1.29 is 13.2 Å². The first-order chi connectivity index (χ1) is 13.8. The van der Waals surface area contributed by atoms with E-state index < -0.39 is 16.1 Å².